The van der Waals surface area contributed by atoms with Gasteiger partial charge in [0, 0.05) is 12.5 Å². The zero-order chi connectivity index (χ0) is 13.8. The summed E-state index contributed by atoms with van der Waals surface area (Å²) < 4.78 is 7.31. The van der Waals surface area contributed by atoms with Crippen molar-refractivity contribution < 1.29 is 4.74 Å². The maximum absolute atomic E-state index is 6.09. The van der Waals surface area contributed by atoms with Gasteiger partial charge in [-0.2, -0.15) is 0 Å². The van der Waals surface area contributed by atoms with Crippen LogP contribution in [0.4, 0.5) is 0 Å². The minimum atomic E-state index is 0.303. The van der Waals surface area contributed by atoms with E-state index in [4.69, 9.17) is 16.3 Å². The number of rotatable bonds is 5. The highest BCUT2D eigenvalue weighted by Gasteiger charge is 2.13. The van der Waals surface area contributed by atoms with Crippen LogP contribution in [0.5, 0.6) is 5.75 Å². The van der Waals surface area contributed by atoms with Gasteiger partial charge in [-0.15, -0.1) is 10.2 Å². The zero-order valence-corrected chi connectivity index (χ0v) is 12.2. The number of para-hydroxylation sites is 1. The van der Waals surface area contributed by atoms with Gasteiger partial charge >= 0.3 is 0 Å². The highest BCUT2D eigenvalue weighted by molar-refractivity contribution is 6.28. The lowest BCUT2D eigenvalue weighted by molar-refractivity contribution is 0.408. The third kappa shape index (κ3) is 3.07. The first-order chi connectivity index (χ1) is 9.13. The summed E-state index contributed by atoms with van der Waals surface area (Å²) in [6, 6.07) is 8.00. The maximum Gasteiger partial charge on any atom is 0.225 e. The smallest absolute Gasteiger partial charge is 0.225 e. The molecule has 0 aliphatic carbocycles. The van der Waals surface area contributed by atoms with Crippen LogP contribution in [-0.4, -0.2) is 21.9 Å². The number of methoxy groups -OCH3 is 1. The van der Waals surface area contributed by atoms with Crippen molar-refractivity contribution in [2.24, 2.45) is 0 Å². The van der Waals surface area contributed by atoms with E-state index >= 15 is 0 Å². The molecule has 1 aromatic carbocycles. The van der Waals surface area contributed by atoms with Crippen LogP contribution in [0.3, 0.4) is 0 Å². The number of aryl methyl sites for hydroxylation is 1. The minimum absolute atomic E-state index is 0.303. The van der Waals surface area contributed by atoms with Crippen molar-refractivity contribution in [2.45, 2.75) is 32.7 Å². The van der Waals surface area contributed by atoms with Gasteiger partial charge in [-0.05, 0) is 29.7 Å². The van der Waals surface area contributed by atoms with Crippen LogP contribution in [0.2, 0.25) is 5.28 Å². The lowest BCUT2D eigenvalue weighted by atomic mass is 10.1. The largest absolute Gasteiger partial charge is 0.496 e. The molecule has 0 saturated carbocycles. The van der Waals surface area contributed by atoms with Crippen molar-refractivity contribution in [1.29, 1.82) is 0 Å². The van der Waals surface area contributed by atoms with Gasteiger partial charge in [-0.3, -0.25) is 0 Å². The normalized spacial score (nSPS) is 11.0. The molecule has 0 aliphatic heterocycles. The minimum Gasteiger partial charge on any atom is -0.496 e. The Morgan fingerprint density at radius 1 is 1.26 bits per heavy atom. The number of benzene rings is 1. The summed E-state index contributed by atoms with van der Waals surface area (Å²) in [5.41, 5.74) is 1.16. The lowest BCUT2D eigenvalue weighted by Gasteiger charge is -2.12. The summed E-state index contributed by atoms with van der Waals surface area (Å²) in [6.45, 7) is 4.92. The number of aromatic nitrogens is 3. The zero-order valence-electron chi connectivity index (χ0n) is 11.4. The Morgan fingerprint density at radius 3 is 2.68 bits per heavy atom. The maximum atomic E-state index is 6.09. The Balaban J connectivity index is 2.17. The van der Waals surface area contributed by atoms with Gasteiger partial charge in [0.25, 0.3) is 0 Å². The van der Waals surface area contributed by atoms with Gasteiger partial charge in [0.05, 0.1) is 7.11 Å². The summed E-state index contributed by atoms with van der Waals surface area (Å²) in [7, 11) is 1.68. The molecule has 0 atom stereocenters. The second kappa shape index (κ2) is 6.06. The van der Waals surface area contributed by atoms with Gasteiger partial charge in [0.15, 0.2) is 0 Å². The molecule has 0 radical (unpaired) electrons. The molecule has 2 rings (SSSR count). The SMILES string of the molecule is COc1ccccc1CCn1c(Cl)nnc1C(C)C. The van der Waals surface area contributed by atoms with Crippen LogP contribution in [0.25, 0.3) is 0 Å². The van der Waals surface area contributed by atoms with Crippen molar-refractivity contribution in [3.63, 3.8) is 0 Å². The summed E-state index contributed by atoms with van der Waals surface area (Å²) in [5, 5.41) is 8.50. The molecule has 1 heterocycles. The molecule has 0 aliphatic rings. The second-order valence-corrected chi connectivity index (χ2v) is 5.03. The van der Waals surface area contributed by atoms with E-state index in [1.165, 1.54) is 0 Å². The summed E-state index contributed by atoms with van der Waals surface area (Å²) in [6.07, 6.45) is 0.835. The molecule has 2 aromatic rings. The van der Waals surface area contributed by atoms with Crippen LogP contribution < -0.4 is 4.74 Å². The number of ether oxygens (including phenoxy) is 1. The summed E-state index contributed by atoms with van der Waals surface area (Å²) >= 11 is 6.09. The van der Waals surface area contributed by atoms with E-state index in [-0.39, 0.29) is 0 Å². The predicted molar refractivity (Wildman–Crippen MR) is 75.8 cm³/mol. The number of hydrogen-bond donors (Lipinski definition) is 0. The van der Waals surface area contributed by atoms with E-state index in [2.05, 4.69) is 30.1 Å². The number of halogens is 1. The van der Waals surface area contributed by atoms with Gasteiger partial charge < -0.3 is 9.30 Å². The van der Waals surface area contributed by atoms with Crippen LogP contribution in [0, 0.1) is 0 Å². The average Bonchev–Trinajstić information content (AvgIpc) is 2.78. The van der Waals surface area contributed by atoms with Gasteiger partial charge in [-0.1, -0.05) is 32.0 Å². The van der Waals surface area contributed by atoms with Crippen LogP contribution in [0.15, 0.2) is 24.3 Å². The summed E-state index contributed by atoms with van der Waals surface area (Å²) in [5.74, 6) is 2.12. The molecule has 102 valence electrons. The lowest BCUT2D eigenvalue weighted by Crippen LogP contribution is -2.08. The molecule has 19 heavy (non-hydrogen) atoms. The third-order valence-electron chi connectivity index (χ3n) is 3.05. The van der Waals surface area contributed by atoms with Crippen molar-refractivity contribution in [2.75, 3.05) is 7.11 Å². The molecule has 0 unspecified atom stereocenters. The molecule has 0 bridgehead atoms. The van der Waals surface area contributed by atoms with Crippen LogP contribution in [-0.2, 0) is 13.0 Å². The number of nitrogens with zero attached hydrogens (tertiary/aromatic N) is 3. The molecule has 0 N–H and O–H groups in total. The quantitative estimate of drug-likeness (QED) is 0.843. The molecule has 0 spiro atoms. The van der Waals surface area contributed by atoms with Crippen molar-refractivity contribution in [1.82, 2.24) is 14.8 Å². The fourth-order valence-electron chi connectivity index (χ4n) is 2.07. The molecule has 0 fully saturated rings. The Bertz CT molecular complexity index is 551. The molecule has 4 nitrogen and oxygen atoms in total. The molecular formula is C14H18ClN3O. The number of hydrogen-bond acceptors (Lipinski definition) is 3. The van der Waals surface area contributed by atoms with E-state index in [1.807, 2.05) is 22.8 Å². The Labute approximate surface area is 118 Å². The Morgan fingerprint density at radius 2 is 2.00 bits per heavy atom. The van der Waals surface area contributed by atoms with Crippen molar-refractivity contribution in [3.8, 4) is 5.75 Å². The Kier molecular flexibility index (Phi) is 4.43. The molecular weight excluding hydrogens is 262 g/mol. The topological polar surface area (TPSA) is 39.9 Å². The van der Waals surface area contributed by atoms with Crippen LogP contribution in [0.1, 0.15) is 31.2 Å². The van der Waals surface area contributed by atoms with Gasteiger partial charge in [0.1, 0.15) is 11.6 Å². The average molecular weight is 280 g/mol. The highest BCUT2D eigenvalue weighted by atomic mass is 35.5. The molecule has 0 saturated heterocycles. The van der Waals surface area contributed by atoms with Crippen LogP contribution >= 0.6 is 11.6 Å². The fraction of sp³-hybridized carbons (Fsp3) is 0.429. The Hall–Kier alpha value is -1.55. The predicted octanol–water partition coefficient (Wildman–Crippen LogP) is 3.31. The second-order valence-electron chi connectivity index (χ2n) is 4.70. The van der Waals surface area contributed by atoms with Gasteiger partial charge in [-0.25, -0.2) is 0 Å². The first-order valence-electron chi connectivity index (χ1n) is 6.34. The third-order valence-corrected chi connectivity index (χ3v) is 3.33. The van der Waals surface area contributed by atoms with E-state index in [0.717, 1.165) is 30.1 Å². The van der Waals surface area contributed by atoms with E-state index in [0.29, 0.717) is 11.2 Å². The van der Waals surface area contributed by atoms with E-state index in [9.17, 15) is 0 Å². The van der Waals surface area contributed by atoms with Gasteiger partial charge in [0.2, 0.25) is 5.28 Å². The first-order valence-corrected chi connectivity index (χ1v) is 6.71. The van der Waals surface area contributed by atoms with E-state index < -0.39 is 0 Å². The highest BCUT2D eigenvalue weighted by Crippen LogP contribution is 2.21. The standard InChI is InChI=1S/C14H18ClN3O/c1-10(2)13-16-17-14(15)18(13)9-8-11-6-4-5-7-12(11)19-3/h4-7,10H,8-9H2,1-3H3. The molecule has 1 aromatic heterocycles. The first kappa shape index (κ1) is 13.9. The van der Waals surface area contributed by atoms with Crippen molar-refractivity contribution >= 4 is 11.6 Å². The summed E-state index contributed by atoms with van der Waals surface area (Å²) in [4.78, 5) is 0. The monoisotopic (exact) mass is 279 g/mol. The molecule has 5 heteroatoms. The van der Waals surface area contributed by atoms with E-state index in [1.54, 1.807) is 7.11 Å². The van der Waals surface area contributed by atoms with Crippen molar-refractivity contribution in [3.05, 3.63) is 40.9 Å². The fourth-order valence-corrected chi connectivity index (χ4v) is 2.28. The molecule has 0 amide bonds.